The van der Waals surface area contributed by atoms with Crippen LogP contribution in [-0.4, -0.2) is 206 Å². The van der Waals surface area contributed by atoms with Crippen molar-refractivity contribution in [2.45, 2.75) is 204 Å². The SMILES string of the molecule is CC(NP(=O)(Oc1ccccc1)OC(C)[C@H]1O[C@@H](n2cnc3c(N)ccnc32)C(O)C1O)C(=O)OC1CCCCC1.COC(=O)N[C@H](C(=O)N1CCC[C@H]1C1=NC=C(c2ccc(-c3ccc(-c4cnc([C@@H]5CCCN5C(=O)[C@@H](NC(=O)OC)C(C)C)[nH]4)cc3)cc2)C1)C(C)C.C[C@@]1(F)[C@H](O)[C@@H](CO)O[C@H]1n1ccc(N)nc1=O. The van der Waals surface area contributed by atoms with Crippen molar-refractivity contribution in [3.8, 4) is 28.1 Å². The van der Waals surface area contributed by atoms with Gasteiger partial charge in [-0.1, -0.05) is 101 Å². The minimum Gasteiger partial charge on any atom is -0.461 e. The molecule has 5 unspecified atom stereocenters. The van der Waals surface area contributed by atoms with Gasteiger partial charge in [0.2, 0.25) is 11.8 Å². The number of nitrogens with zero attached hydrogens (tertiary/aromatic N) is 9. The Morgan fingerprint density at radius 3 is 1.93 bits per heavy atom. The van der Waals surface area contributed by atoms with Gasteiger partial charge < -0.3 is 85.5 Å². The summed E-state index contributed by atoms with van der Waals surface area (Å²) in [6.45, 7) is 12.5. The number of fused-ring (bicyclic) bond motifs is 1. The molecule has 9 heterocycles. The van der Waals surface area contributed by atoms with Gasteiger partial charge >= 0.3 is 31.6 Å². The molecule has 0 spiro atoms. The Labute approximate surface area is 652 Å². The normalized spacial score (nSPS) is 24.5. The van der Waals surface area contributed by atoms with Gasteiger partial charge in [0.15, 0.2) is 23.8 Å². The number of hydrogen-bond donors (Lipinski definition) is 10. The molecule has 1 aliphatic carbocycles. The molecule has 4 aromatic heterocycles. The van der Waals surface area contributed by atoms with Crippen molar-refractivity contribution in [1.82, 2.24) is 59.6 Å². The lowest BCUT2D eigenvalue weighted by atomic mass is 9.95. The molecule has 4 saturated heterocycles. The van der Waals surface area contributed by atoms with E-state index in [9.17, 15) is 53.0 Å². The Morgan fingerprint density at radius 2 is 1.34 bits per heavy atom. The number of carbonyl (C=O) groups excluding carboxylic acids is 5. The number of carbonyl (C=O) groups is 5. The van der Waals surface area contributed by atoms with Crippen LogP contribution in [0.2, 0.25) is 0 Å². The molecular weight excluding hydrogens is 1480 g/mol. The molecule has 0 radical (unpaired) electrons. The van der Waals surface area contributed by atoms with E-state index in [2.05, 4.69) is 89.2 Å². The number of rotatable bonds is 23. The summed E-state index contributed by atoms with van der Waals surface area (Å²) in [4.78, 5) is 104. The highest BCUT2D eigenvalue weighted by Gasteiger charge is 2.55. The number of hydrogen-bond acceptors (Lipinski definition) is 25. The number of esters is 1. The standard InChI is InChI=1S/C41H51N7O6.C27H36N5O8P.C10H14FN3O4/c1-24(2)35(45-40(51)53-5)38(49)47-19-7-9-33(47)31-21-30(22-42-31)28-13-11-26(12-14-28)27-15-17-29(18-16-27)32-23-43-37(44-32)34-10-8-20-48(34)39(50)36(25(3)4)46-41(52)54-6;1-16(27(35)37-18-9-5-3-6-10-18)31-41(36,40-19-11-7-4-8-12-19)39-17(2)24-22(33)23(34)26(38-24)32-15-30-21-20(28)13-14-29-25(21)32;1-10(11)7(16)5(4-15)18-8(10)14-3-2-6(12)13-9(14)17/h11-18,22-25,33-36H,7-10,19-21H2,1-6H3,(H,43,44)(H,45,51)(H,46,52);4,7-8,11-18,22-24,26,33-34H,3,5-6,9-10H2,1-2H3,(H2,28,29)(H,31,36);2-3,5,7-8,15-16H,4H2,1H3,(H2,12,13,17)/t33-,34-,35-,36-;16?,17?,22?,23?,24-,26-,41?;5-,7-,8-,10-/m011/s1. The Bertz CT molecular complexity index is 4640. The van der Waals surface area contributed by atoms with Gasteiger partial charge in [0.25, 0.3) is 0 Å². The van der Waals surface area contributed by atoms with Gasteiger partial charge in [0, 0.05) is 43.8 Å². The molecule has 608 valence electrons. The molecule has 113 heavy (non-hydrogen) atoms. The lowest BCUT2D eigenvalue weighted by molar-refractivity contribution is -0.152. The molecule has 13 rings (SSSR count). The maximum absolute atomic E-state index is 14.4. The van der Waals surface area contributed by atoms with Crippen LogP contribution in [0.5, 0.6) is 5.75 Å². The van der Waals surface area contributed by atoms with Crippen LogP contribution in [-0.2, 0) is 47.2 Å². The molecule has 1 saturated carbocycles. The third-order valence-electron chi connectivity index (χ3n) is 21.0. The van der Waals surface area contributed by atoms with Gasteiger partial charge in [0.05, 0.1) is 62.9 Å². The lowest BCUT2D eigenvalue weighted by Gasteiger charge is -2.31. The molecule has 15 atom stereocenters. The third-order valence-corrected chi connectivity index (χ3v) is 22.8. The number of likely N-dealkylation sites (tertiary alicyclic amines) is 2. The Balaban J connectivity index is 0.000000187. The first-order valence-electron chi connectivity index (χ1n) is 37.9. The number of ether oxygens (including phenoxy) is 5. The van der Waals surface area contributed by atoms with E-state index in [0.29, 0.717) is 36.4 Å². The summed E-state index contributed by atoms with van der Waals surface area (Å²) >= 11 is 0. The number of allylic oxidation sites excluding steroid dienone is 1. The second-order valence-corrected chi connectivity index (χ2v) is 31.3. The number of anilines is 2. The van der Waals surface area contributed by atoms with Crippen LogP contribution >= 0.6 is 7.75 Å². The van der Waals surface area contributed by atoms with Crippen molar-refractivity contribution in [1.29, 1.82) is 0 Å². The number of methoxy groups -OCH3 is 2. The summed E-state index contributed by atoms with van der Waals surface area (Å²) < 4.78 is 68.7. The summed E-state index contributed by atoms with van der Waals surface area (Å²) in [7, 11) is -1.67. The minimum atomic E-state index is -4.26. The number of H-pyrrole nitrogens is 1. The minimum absolute atomic E-state index is 0.00839. The van der Waals surface area contributed by atoms with Crippen LogP contribution in [0, 0.1) is 11.8 Å². The van der Waals surface area contributed by atoms with Crippen LogP contribution in [0.1, 0.15) is 143 Å². The molecule has 35 heteroatoms. The number of alkyl halides is 1. The maximum atomic E-state index is 14.4. The van der Waals surface area contributed by atoms with E-state index in [1.165, 1.54) is 57.4 Å². The van der Waals surface area contributed by atoms with Gasteiger partial charge in [-0.3, -0.25) is 33.0 Å². The Kier molecular flexibility index (Phi) is 27.4. The van der Waals surface area contributed by atoms with Crippen molar-refractivity contribution in [2.75, 3.05) is 45.4 Å². The largest absolute Gasteiger partial charge is 0.461 e. The second kappa shape index (κ2) is 36.8. The number of halogens is 1. The molecule has 3 aromatic carbocycles. The van der Waals surface area contributed by atoms with Gasteiger partial charge in [-0.2, -0.15) is 10.1 Å². The summed E-state index contributed by atoms with van der Waals surface area (Å²) in [5.74, 6) is -0.0198. The molecule has 5 aliphatic heterocycles. The number of amides is 4. The summed E-state index contributed by atoms with van der Waals surface area (Å²) in [6.07, 6.45) is 5.10. The zero-order valence-electron chi connectivity index (χ0n) is 64.5. The van der Waals surface area contributed by atoms with Gasteiger partial charge in [-0.15, -0.1) is 0 Å². The van der Waals surface area contributed by atoms with Crippen molar-refractivity contribution < 1.29 is 86.1 Å². The third kappa shape index (κ3) is 19.4. The number of nitrogens with one attached hydrogen (secondary N) is 4. The zero-order chi connectivity index (χ0) is 81.2. The number of benzene rings is 3. The fourth-order valence-corrected chi connectivity index (χ4v) is 16.5. The number of aliphatic hydroxyl groups is 4. The number of imidazole rings is 2. The monoisotopic (exact) mass is 1590 g/mol. The maximum Gasteiger partial charge on any atom is 0.459 e. The average Bonchev–Trinajstić information content (AvgIpc) is 1.62. The number of aromatic nitrogens is 7. The predicted octanol–water partition coefficient (Wildman–Crippen LogP) is 8.23. The number of pyridine rings is 1. The van der Waals surface area contributed by atoms with E-state index >= 15 is 0 Å². The van der Waals surface area contributed by atoms with Crippen LogP contribution in [0.3, 0.4) is 0 Å². The smallest absolute Gasteiger partial charge is 0.459 e. The first-order valence-corrected chi connectivity index (χ1v) is 39.5. The van der Waals surface area contributed by atoms with E-state index in [0.717, 1.165) is 114 Å². The zero-order valence-corrected chi connectivity index (χ0v) is 65.4. The number of para-hydroxylation sites is 1. The molecule has 6 aliphatic rings. The summed E-state index contributed by atoms with van der Waals surface area (Å²) in [5, 5.41) is 48.5. The average molecular weight is 1590 g/mol. The van der Waals surface area contributed by atoms with E-state index < -0.39 is 111 Å². The van der Waals surface area contributed by atoms with E-state index in [-0.39, 0.29) is 53.4 Å². The number of aliphatic imine (C=N–C) groups is 1. The van der Waals surface area contributed by atoms with Gasteiger partial charge in [0.1, 0.15) is 77.7 Å². The number of aromatic amines is 1. The molecule has 7 aromatic rings. The fraction of sp³-hybridized carbons (Fsp3) is 0.500. The Morgan fingerprint density at radius 1 is 0.735 bits per heavy atom. The topological polar surface area (TPSA) is 449 Å². The van der Waals surface area contributed by atoms with Crippen LogP contribution < -0.4 is 37.4 Å². The predicted molar refractivity (Wildman–Crippen MR) is 414 cm³/mol. The molecule has 0 bridgehead atoms. The highest BCUT2D eigenvalue weighted by atomic mass is 31.2. The van der Waals surface area contributed by atoms with Crippen LogP contribution in [0.4, 0.5) is 25.5 Å². The highest BCUT2D eigenvalue weighted by Crippen LogP contribution is 2.49. The van der Waals surface area contributed by atoms with Crippen molar-refractivity contribution in [3.63, 3.8) is 0 Å². The van der Waals surface area contributed by atoms with Crippen molar-refractivity contribution in [3.05, 3.63) is 144 Å². The van der Waals surface area contributed by atoms with Crippen LogP contribution in [0.25, 0.3) is 39.1 Å². The van der Waals surface area contributed by atoms with E-state index in [1.807, 2.05) is 43.7 Å². The van der Waals surface area contributed by atoms with Gasteiger partial charge in [-0.05, 0) is 136 Å². The first-order chi connectivity index (χ1) is 54.0. The highest BCUT2D eigenvalue weighted by molar-refractivity contribution is 7.52. The molecule has 12 N–H and O–H groups in total. The number of aliphatic hydroxyl groups excluding tert-OH is 4. The molecule has 33 nitrogen and oxygen atoms in total. The van der Waals surface area contributed by atoms with Crippen molar-refractivity contribution >= 4 is 71.7 Å². The summed E-state index contributed by atoms with van der Waals surface area (Å²) in [6, 6.07) is 25.4. The lowest BCUT2D eigenvalue weighted by Crippen LogP contribution is -2.53. The van der Waals surface area contributed by atoms with Gasteiger partial charge in [-0.25, -0.2) is 38.3 Å². The van der Waals surface area contributed by atoms with Crippen LogP contribution in [0.15, 0.2) is 132 Å². The van der Waals surface area contributed by atoms with E-state index in [1.54, 1.807) is 42.6 Å². The quantitative estimate of drug-likeness (QED) is 0.0164. The number of alkyl carbamates (subject to hydrolysis) is 2. The second-order valence-electron chi connectivity index (χ2n) is 29.7. The summed E-state index contributed by atoms with van der Waals surface area (Å²) in [5.41, 5.74) is 16.7. The van der Waals surface area contributed by atoms with E-state index in [4.69, 9.17) is 54.3 Å². The van der Waals surface area contributed by atoms with Crippen molar-refractivity contribution in [2.24, 2.45) is 16.8 Å². The fourth-order valence-electron chi connectivity index (χ4n) is 14.8. The molecule has 5 fully saturated rings. The number of nitrogens with two attached hydrogens (primary N) is 2. The molecular formula is C78H101FN15O18P. The molecule has 4 amide bonds. The first kappa shape index (κ1) is 83.9. The Hall–Kier alpha value is -10.0. The number of nitrogen functional groups attached to an aromatic ring is 2.